The Morgan fingerprint density at radius 1 is 1.32 bits per heavy atom. The lowest BCUT2D eigenvalue weighted by atomic mass is 10.2. The molecule has 9 heteroatoms. The van der Waals surface area contributed by atoms with Gasteiger partial charge < -0.3 is 24.6 Å². The molecule has 3 heterocycles. The van der Waals surface area contributed by atoms with Crippen LogP contribution in [0.2, 0.25) is 0 Å². The first-order valence-corrected chi connectivity index (χ1v) is 9.25. The van der Waals surface area contributed by atoms with Crippen molar-refractivity contribution in [2.45, 2.75) is 0 Å². The zero-order valence-corrected chi connectivity index (χ0v) is 16.7. The predicted molar refractivity (Wildman–Crippen MR) is 111 cm³/mol. The zero-order chi connectivity index (χ0) is 19.9. The number of likely N-dealkylation sites (N-methyl/N-ethyl adjacent to an activating group) is 2. The monoisotopic (exact) mass is 385 g/mol. The van der Waals surface area contributed by atoms with E-state index >= 15 is 0 Å². The fourth-order valence-electron chi connectivity index (χ4n) is 2.98. The number of aliphatic imine (C=N–C) groups is 1. The highest BCUT2D eigenvalue weighted by atomic mass is 16.5. The largest absolute Gasteiger partial charge is 0.481 e. The number of anilines is 2. The molecule has 2 aromatic heterocycles. The van der Waals surface area contributed by atoms with Gasteiger partial charge >= 0.3 is 0 Å². The van der Waals surface area contributed by atoms with Gasteiger partial charge in [0.1, 0.15) is 5.69 Å². The molecule has 0 amide bonds. The van der Waals surface area contributed by atoms with E-state index in [1.54, 1.807) is 19.4 Å². The minimum absolute atomic E-state index is 0.549. The Kier molecular flexibility index (Phi) is 6.72. The van der Waals surface area contributed by atoms with Gasteiger partial charge in [0.05, 0.1) is 20.3 Å². The molecule has 0 bridgehead atoms. The van der Waals surface area contributed by atoms with Crippen molar-refractivity contribution in [2.75, 3.05) is 70.4 Å². The van der Waals surface area contributed by atoms with Crippen molar-refractivity contribution in [1.82, 2.24) is 20.3 Å². The molecule has 0 radical (unpaired) electrons. The van der Waals surface area contributed by atoms with Crippen LogP contribution in [0.1, 0.15) is 0 Å². The maximum absolute atomic E-state index is 5.49. The minimum atomic E-state index is 0.549. The van der Waals surface area contributed by atoms with Gasteiger partial charge in [0.2, 0.25) is 5.88 Å². The maximum Gasteiger partial charge on any atom is 0.212 e. The van der Waals surface area contributed by atoms with Crippen molar-refractivity contribution >= 4 is 24.0 Å². The summed E-state index contributed by atoms with van der Waals surface area (Å²) in [6.07, 6.45) is 1.72. The van der Waals surface area contributed by atoms with Crippen LogP contribution in [0.5, 0.6) is 5.88 Å². The molecule has 28 heavy (non-hydrogen) atoms. The van der Waals surface area contributed by atoms with E-state index in [1.165, 1.54) is 0 Å². The first-order valence-electron chi connectivity index (χ1n) is 9.25. The highest BCUT2D eigenvalue weighted by Gasteiger charge is 2.23. The molecule has 1 saturated heterocycles. The number of pyridine rings is 1. The number of ether oxygens (including phenoxy) is 2. The minimum Gasteiger partial charge on any atom is -0.481 e. The number of morpholine rings is 1. The number of methoxy groups -OCH3 is 1. The lowest BCUT2D eigenvalue weighted by Gasteiger charge is -2.30. The second-order valence-electron chi connectivity index (χ2n) is 6.41. The zero-order valence-electron chi connectivity index (χ0n) is 16.7. The first-order chi connectivity index (χ1) is 13.7. The average molecular weight is 385 g/mol. The van der Waals surface area contributed by atoms with Crippen LogP contribution in [-0.2, 0) is 4.74 Å². The van der Waals surface area contributed by atoms with Crippen LogP contribution in [0, 0.1) is 0 Å². The quantitative estimate of drug-likeness (QED) is 0.682. The van der Waals surface area contributed by atoms with Crippen LogP contribution in [0.15, 0.2) is 23.3 Å². The molecular formula is C19H27N7O2. The van der Waals surface area contributed by atoms with Crippen molar-refractivity contribution in [3.05, 3.63) is 18.3 Å². The molecule has 2 aromatic rings. The summed E-state index contributed by atoms with van der Waals surface area (Å²) in [6, 6.07) is 3.71. The molecule has 0 aromatic carbocycles. The highest BCUT2D eigenvalue weighted by Crippen LogP contribution is 2.37. The highest BCUT2D eigenvalue weighted by molar-refractivity contribution is 5.79. The van der Waals surface area contributed by atoms with E-state index in [9.17, 15) is 0 Å². The van der Waals surface area contributed by atoms with Gasteiger partial charge in [0.15, 0.2) is 17.5 Å². The van der Waals surface area contributed by atoms with Crippen LogP contribution in [-0.4, -0.2) is 82.3 Å². The summed E-state index contributed by atoms with van der Waals surface area (Å²) < 4.78 is 10.6. The standard InChI is InChI=1S/C19H27N7O2/c1-20-7-8-25(3)18-16(21-2)19(26-9-11-28-12-10-26)24-17(23-18)14-5-6-15(27-4)22-13-14/h5-6,13,20H,2,7-12H2,1,3-4H3. The van der Waals surface area contributed by atoms with E-state index in [0.717, 1.165) is 43.4 Å². The topological polar surface area (TPSA) is 88.0 Å². The molecule has 0 aliphatic carbocycles. The molecule has 0 saturated carbocycles. The Morgan fingerprint density at radius 3 is 2.71 bits per heavy atom. The number of hydrogen-bond acceptors (Lipinski definition) is 9. The Bertz CT molecular complexity index is 792. The molecule has 1 fully saturated rings. The van der Waals surface area contributed by atoms with Gasteiger partial charge in [-0.2, -0.15) is 0 Å². The van der Waals surface area contributed by atoms with Gasteiger partial charge in [0, 0.05) is 51.1 Å². The van der Waals surface area contributed by atoms with E-state index in [2.05, 4.69) is 31.8 Å². The van der Waals surface area contributed by atoms with Crippen LogP contribution in [0.25, 0.3) is 11.4 Å². The van der Waals surface area contributed by atoms with Crippen LogP contribution in [0.4, 0.5) is 17.3 Å². The summed E-state index contributed by atoms with van der Waals surface area (Å²) >= 11 is 0. The summed E-state index contributed by atoms with van der Waals surface area (Å²) in [4.78, 5) is 22.4. The van der Waals surface area contributed by atoms with Crippen molar-refractivity contribution < 1.29 is 9.47 Å². The van der Waals surface area contributed by atoms with E-state index in [1.807, 2.05) is 20.2 Å². The van der Waals surface area contributed by atoms with Gasteiger partial charge in [0.25, 0.3) is 0 Å². The first kappa shape index (κ1) is 20.0. The normalized spacial score (nSPS) is 14.0. The third kappa shape index (κ3) is 4.37. The smallest absolute Gasteiger partial charge is 0.212 e. The summed E-state index contributed by atoms with van der Waals surface area (Å²) in [6.45, 7) is 8.19. The Hall–Kier alpha value is -2.78. The van der Waals surface area contributed by atoms with Crippen LogP contribution >= 0.6 is 0 Å². The molecule has 150 valence electrons. The number of aromatic nitrogens is 3. The van der Waals surface area contributed by atoms with E-state index < -0.39 is 0 Å². The van der Waals surface area contributed by atoms with Gasteiger partial charge in [-0.1, -0.05) is 0 Å². The molecule has 9 nitrogen and oxygen atoms in total. The summed E-state index contributed by atoms with van der Waals surface area (Å²) in [5.41, 5.74) is 1.50. The van der Waals surface area contributed by atoms with E-state index in [-0.39, 0.29) is 0 Å². The van der Waals surface area contributed by atoms with Crippen molar-refractivity contribution in [1.29, 1.82) is 0 Å². The molecule has 0 unspecified atom stereocenters. The third-order valence-electron chi connectivity index (χ3n) is 4.58. The number of hydrogen-bond donors (Lipinski definition) is 1. The van der Waals surface area contributed by atoms with Gasteiger partial charge in [-0.25, -0.2) is 15.0 Å². The average Bonchev–Trinajstić information content (AvgIpc) is 2.77. The number of rotatable bonds is 8. The molecule has 0 atom stereocenters. The Labute approximate surface area is 165 Å². The van der Waals surface area contributed by atoms with Crippen molar-refractivity contribution in [3.63, 3.8) is 0 Å². The van der Waals surface area contributed by atoms with Gasteiger partial charge in [-0.15, -0.1) is 0 Å². The second kappa shape index (κ2) is 9.43. The molecule has 1 aliphatic heterocycles. The molecule has 1 aliphatic rings. The molecule has 3 rings (SSSR count). The lowest BCUT2D eigenvalue weighted by molar-refractivity contribution is 0.122. The number of nitrogens with one attached hydrogen (secondary N) is 1. The fraction of sp³-hybridized carbons (Fsp3) is 0.474. The summed E-state index contributed by atoms with van der Waals surface area (Å²) in [5, 5.41) is 3.16. The predicted octanol–water partition coefficient (Wildman–Crippen LogP) is 1.37. The maximum atomic E-state index is 5.49. The molecule has 0 spiro atoms. The van der Waals surface area contributed by atoms with Crippen molar-refractivity contribution in [3.8, 4) is 17.3 Å². The fourth-order valence-corrected chi connectivity index (χ4v) is 2.98. The Morgan fingerprint density at radius 2 is 2.11 bits per heavy atom. The summed E-state index contributed by atoms with van der Waals surface area (Å²) in [5.74, 6) is 2.65. The third-order valence-corrected chi connectivity index (χ3v) is 4.58. The lowest BCUT2D eigenvalue weighted by Crippen LogP contribution is -2.37. The van der Waals surface area contributed by atoms with Gasteiger partial charge in [-0.05, 0) is 19.8 Å². The van der Waals surface area contributed by atoms with E-state index in [0.29, 0.717) is 30.6 Å². The number of nitrogens with zero attached hydrogens (tertiary/aromatic N) is 6. The SMILES string of the molecule is C=Nc1c(N(C)CCNC)nc(-c2ccc(OC)nc2)nc1N1CCOCC1. The molecular weight excluding hydrogens is 358 g/mol. The second-order valence-corrected chi connectivity index (χ2v) is 6.41. The Balaban J connectivity index is 2.08. The van der Waals surface area contributed by atoms with E-state index in [4.69, 9.17) is 19.4 Å². The molecule has 1 N–H and O–H groups in total. The van der Waals surface area contributed by atoms with Crippen LogP contribution < -0.4 is 19.9 Å². The van der Waals surface area contributed by atoms with Crippen LogP contribution in [0.3, 0.4) is 0 Å². The summed E-state index contributed by atoms with van der Waals surface area (Å²) in [7, 11) is 5.51. The van der Waals surface area contributed by atoms with Gasteiger partial charge in [-0.3, -0.25) is 4.99 Å². The van der Waals surface area contributed by atoms with Crippen molar-refractivity contribution in [2.24, 2.45) is 4.99 Å².